The Balaban J connectivity index is 1.25. The predicted octanol–water partition coefficient (Wildman–Crippen LogP) is 5.87. The Kier molecular flexibility index (Phi) is 7.28. The van der Waals surface area contributed by atoms with Crippen LogP contribution in [0.15, 0.2) is 85.1 Å². The number of methoxy groups -OCH3 is 1. The molecule has 0 N–H and O–H groups in total. The normalized spacial score (nSPS) is 14.7. The van der Waals surface area contributed by atoms with Crippen LogP contribution in [0.25, 0.3) is 10.9 Å². The number of carbonyl (C=O) groups is 2. The average molecular weight is 481 g/mol. The van der Waals surface area contributed by atoms with Gasteiger partial charge in [0.25, 0.3) is 0 Å². The second kappa shape index (κ2) is 10.9. The van der Waals surface area contributed by atoms with Gasteiger partial charge in [0.1, 0.15) is 5.75 Å². The highest BCUT2D eigenvalue weighted by Gasteiger charge is 2.25. The van der Waals surface area contributed by atoms with Crippen LogP contribution >= 0.6 is 0 Å². The lowest BCUT2D eigenvalue weighted by Crippen LogP contribution is -2.37. The molecule has 1 aliphatic heterocycles. The maximum atomic E-state index is 13.3. The smallest absolute Gasteiger partial charge is 0.195 e. The second-order valence-electron chi connectivity index (χ2n) is 9.49. The summed E-state index contributed by atoms with van der Waals surface area (Å²) in [5, 5.41) is 0.920. The standard InChI is InChI=1S/C31H32N2O3/c1-36-28-15-8-14-26-27(31(35)24-12-6-3-7-13-24)22-33(29(26)28)19-9-18-32-20-16-25(17-21-32)30(34)23-10-4-2-5-11-23/h2-8,10-15,22,25H,9,16-21H2,1H3. The predicted molar refractivity (Wildman–Crippen MR) is 143 cm³/mol. The highest BCUT2D eigenvalue weighted by atomic mass is 16.5. The fourth-order valence-corrected chi connectivity index (χ4v) is 5.31. The Bertz CT molecular complexity index is 1340. The van der Waals surface area contributed by atoms with E-state index in [0.29, 0.717) is 11.1 Å². The summed E-state index contributed by atoms with van der Waals surface area (Å²) < 4.78 is 7.82. The number of benzene rings is 3. The second-order valence-corrected chi connectivity index (χ2v) is 9.49. The van der Waals surface area contributed by atoms with Gasteiger partial charge in [0.15, 0.2) is 11.6 Å². The number of aryl methyl sites for hydroxylation is 1. The van der Waals surface area contributed by atoms with Crippen LogP contribution in [0.1, 0.15) is 45.5 Å². The van der Waals surface area contributed by atoms with Crippen LogP contribution in [0, 0.1) is 5.92 Å². The summed E-state index contributed by atoms with van der Waals surface area (Å²) in [5.41, 5.74) is 3.18. The lowest BCUT2D eigenvalue weighted by atomic mass is 9.89. The van der Waals surface area contributed by atoms with E-state index < -0.39 is 0 Å². The number of fused-ring (bicyclic) bond motifs is 1. The summed E-state index contributed by atoms with van der Waals surface area (Å²) in [6, 6.07) is 25.0. The maximum Gasteiger partial charge on any atom is 0.195 e. The molecule has 0 unspecified atom stereocenters. The van der Waals surface area contributed by atoms with Crippen LogP contribution < -0.4 is 4.74 Å². The Morgan fingerprint density at radius 1 is 0.833 bits per heavy atom. The van der Waals surface area contributed by atoms with Crippen molar-refractivity contribution >= 4 is 22.5 Å². The molecule has 5 nitrogen and oxygen atoms in total. The Hall–Kier alpha value is -3.70. The van der Waals surface area contributed by atoms with Crippen molar-refractivity contribution in [3.8, 4) is 5.75 Å². The summed E-state index contributed by atoms with van der Waals surface area (Å²) in [6.07, 6.45) is 4.75. The molecule has 1 aliphatic rings. The van der Waals surface area contributed by atoms with Crippen molar-refractivity contribution in [3.63, 3.8) is 0 Å². The molecule has 5 heteroatoms. The fourth-order valence-electron chi connectivity index (χ4n) is 5.31. The quantitative estimate of drug-likeness (QED) is 0.281. The lowest BCUT2D eigenvalue weighted by molar-refractivity contribution is 0.0838. The minimum Gasteiger partial charge on any atom is -0.495 e. The van der Waals surface area contributed by atoms with Gasteiger partial charge in [-0.2, -0.15) is 0 Å². The number of likely N-dealkylation sites (tertiary alicyclic amines) is 1. The molecule has 1 fully saturated rings. The molecule has 0 radical (unpaired) electrons. The fraction of sp³-hybridized carbons (Fsp3) is 0.290. The van der Waals surface area contributed by atoms with E-state index in [9.17, 15) is 9.59 Å². The number of ketones is 2. The minimum atomic E-state index is 0.0257. The van der Waals surface area contributed by atoms with Gasteiger partial charge in [-0.05, 0) is 45.0 Å². The SMILES string of the molecule is COc1cccc2c(C(=O)c3ccccc3)cn(CCCN3CCC(C(=O)c4ccccc4)CC3)c12. The summed E-state index contributed by atoms with van der Waals surface area (Å²) in [5.74, 6) is 1.20. The number of ether oxygens (including phenoxy) is 1. The van der Waals surface area contributed by atoms with Crippen LogP contribution in [0.2, 0.25) is 0 Å². The van der Waals surface area contributed by atoms with Crippen molar-refractivity contribution < 1.29 is 14.3 Å². The number of rotatable bonds is 9. The van der Waals surface area contributed by atoms with Crippen molar-refractivity contribution in [2.45, 2.75) is 25.8 Å². The highest BCUT2D eigenvalue weighted by Crippen LogP contribution is 2.31. The number of hydrogen-bond acceptors (Lipinski definition) is 4. The zero-order valence-electron chi connectivity index (χ0n) is 20.7. The largest absolute Gasteiger partial charge is 0.495 e. The molecule has 0 bridgehead atoms. The van der Waals surface area contributed by atoms with Crippen LogP contribution in [0.4, 0.5) is 0 Å². The first kappa shape index (κ1) is 24.0. The van der Waals surface area contributed by atoms with Crippen LogP contribution in [0.3, 0.4) is 0 Å². The number of piperidine rings is 1. The van der Waals surface area contributed by atoms with Gasteiger partial charge in [0.05, 0.1) is 12.6 Å². The third-order valence-electron chi connectivity index (χ3n) is 7.25. The van der Waals surface area contributed by atoms with Gasteiger partial charge >= 0.3 is 0 Å². The summed E-state index contributed by atoms with van der Waals surface area (Å²) in [6.45, 7) is 3.64. The van der Waals surface area contributed by atoms with Gasteiger partial charge in [-0.25, -0.2) is 0 Å². The third kappa shape index (κ3) is 4.98. The number of carbonyl (C=O) groups excluding carboxylic acids is 2. The van der Waals surface area contributed by atoms with Gasteiger partial charge in [0, 0.05) is 40.7 Å². The third-order valence-corrected chi connectivity index (χ3v) is 7.25. The van der Waals surface area contributed by atoms with Gasteiger partial charge in [0.2, 0.25) is 0 Å². The molecule has 36 heavy (non-hydrogen) atoms. The average Bonchev–Trinajstić information content (AvgIpc) is 3.32. The van der Waals surface area contributed by atoms with Crippen molar-refractivity contribution in [1.82, 2.24) is 9.47 Å². The zero-order chi connectivity index (χ0) is 24.9. The van der Waals surface area contributed by atoms with E-state index >= 15 is 0 Å². The summed E-state index contributed by atoms with van der Waals surface area (Å²) in [4.78, 5) is 28.5. The van der Waals surface area contributed by atoms with Crippen molar-refractivity contribution in [1.29, 1.82) is 0 Å². The Labute approximate surface area is 212 Å². The summed E-state index contributed by atoms with van der Waals surface area (Å²) in [7, 11) is 1.67. The first-order valence-electron chi connectivity index (χ1n) is 12.7. The molecule has 0 amide bonds. The van der Waals surface area contributed by atoms with Gasteiger partial charge in [-0.1, -0.05) is 72.8 Å². The topological polar surface area (TPSA) is 51.5 Å². The van der Waals surface area contributed by atoms with E-state index in [2.05, 4.69) is 9.47 Å². The zero-order valence-corrected chi connectivity index (χ0v) is 20.7. The molecule has 0 spiro atoms. The molecular weight excluding hydrogens is 448 g/mol. The number of Topliss-reactive ketones (excluding diaryl/α,β-unsaturated/α-hetero) is 1. The molecule has 4 aromatic rings. The molecule has 1 aromatic heterocycles. The molecule has 0 saturated carbocycles. The van der Waals surface area contributed by atoms with Crippen LogP contribution in [-0.2, 0) is 6.54 Å². The molecule has 5 rings (SSSR count). The van der Waals surface area contributed by atoms with Gasteiger partial charge in [-0.15, -0.1) is 0 Å². The highest BCUT2D eigenvalue weighted by molar-refractivity contribution is 6.17. The molecule has 3 aromatic carbocycles. The number of para-hydroxylation sites is 1. The molecule has 1 saturated heterocycles. The molecule has 184 valence electrons. The van der Waals surface area contributed by atoms with Crippen molar-refractivity contribution in [3.05, 3.63) is 102 Å². The molecule has 2 heterocycles. The van der Waals surface area contributed by atoms with E-state index in [1.807, 2.05) is 85.1 Å². The first-order valence-corrected chi connectivity index (χ1v) is 12.7. The van der Waals surface area contributed by atoms with E-state index in [-0.39, 0.29) is 17.5 Å². The number of aromatic nitrogens is 1. The minimum absolute atomic E-state index is 0.0257. The Morgan fingerprint density at radius 3 is 2.17 bits per heavy atom. The van der Waals surface area contributed by atoms with Crippen LogP contribution in [0.5, 0.6) is 5.75 Å². The van der Waals surface area contributed by atoms with E-state index in [4.69, 9.17) is 4.74 Å². The van der Waals surface area contributed by atoms with E-state index in [1.54, 1.807) is 7.11 Å². The monoisotopic (exact) mass is 480 g/mol. The molecule has 0 atom stereocenters. The number of hydrogen-bond donors (Lipinski definition) is 0. The number of nitrogens with zero attached hydrogens (tertiary/aromatic N) is 2. The molecular formula is C31H32N2O3. The van der Waals surface area contributed by atoms with Gasteiger partial charge in [-0.3, -0.25) is 9.59 Å². The Morgan fingerprint density at radius 2 is 1.50 bits per heavy atom. The van der Waals surface area contributed by atoms with Crippen molar-refractivity contribution in [2.75, 3.05) is 26.7 Å². The lowest BCUT2D eigenvalue weighted by Gasteiger charge is -2.31. The van der Waals surface area contributed by atoms with Gasteiger partial charge < -0.3 is 14.2 Å². The molecule has 0 aliphatic carbocycles. The van der Waals surface area contributed by atoms with Crippen LogP contribution in [-0.4, -0.2) is 47.8 Å². The first-order chi connectivity index (χ1) is 17.7. The van der Waals surface area contributed by atoms with E-state index in [0.717, 1.165) is 67.7 Å². The van der Waals surface area contributed by atoms with E-state index in [1.165, 1.54) is 0 Å². The summed E-state index contributed by atoms with van der Waals surface area (Å²) >= 11 is 0. The van der Waals surface area contributed by atoms with Crippen molar-refractivity contribution in [2.24, 2.45) is 5.92 Å². The maximum absolute atomic E-state index is 13.3.